The summed E-state index contributed by atoms with van der Waals surface area (Å²) < 4.78 is 0. The second-order valence-corrected chi connectivity index (χ2v) is 10.6. The molecule has 0 aromatic rings. The first-order valence-corrected chi connectivity index (χ1v) is 10.1. The highest BCUT2D eigenvalue weighted by atomic mass is 28.3. The molecular weight excluding hydrogens is 212 g/mol. The molecule has 0 spiro atoms. The van der Waals surface area contributed by atoms with Crippen molar-refractivity contribution in [3.05, 3.63) is 23.9 Å². The van der Waals surface area contributed by atoms with Gasteiger partial charge in [0.25, 0.3) is 0 Å². The van der Waals surface area contributed by atoms with Crippen molar-refractivity contribution in [3.63, 3.8) is 0 Å². The second-order valence-electron chi connectivity index (χ2n) is 5.50. The molecule has 0 aliphatic carbocycles. The molecule has 0 rings (SSSR count). The van der Waals surface area contributed by atoms with Gasteiger partial charge in [0.15, 0.2) is 0 Å². The average Bonchev–Trinajstić information content (AvgIpc) is 2.19. The van der Waals surface area contributed by atoms with Crippen LogP contribution in [0, 0.1) is 0 Å². The normalized spacial score (nSPS) is 15.1. The van der Waals surface area contributed by atoms with E-state index in [1.807, 2.05) is 6.08 Å². The van der Waals surface area contributed by atoms with Gasteiger partial charge < -0.3 is 5.11 Å². The van der Waals surface area contributed by atoms with E-state index in [4.69, 9.17) is 0 Å². The number of hydrogen-bond donors (Lipinski definition) is 1. The van der Waals surface area contributed by atoms with Gasteiger partial charge in [-0.2, -0.15) is 0 Å². The van der Waals surface area contributed by atoms with Crippen molar-refractivity contribution in [2.45, 2.75) is 64.8 Å². The van der Waals surface area contributed by atoms with Crippen LogP contribution in [0.4, 0.5) is 0 Å². The maximum absolute atomic E-state index is 9.70. The fourth-order valence-electron chi connectivity index (χ4n) is 1.34. The lowest BCUT2D eigenvalue weighted by Gasteiger charge is -2.09. The highest BCUT2D eigenvalue weighted by Crippen LogP contribution is 2.05. The first-order valence-electron chi connectivity index (χ1n) is 6.48. The Kier molecular flexibility index (Phi) is 8.58. The topological polar surface area (TPSA) is 20.2 Å². The van der Waals surface area contributed by atoms with Crippen molar-refractivity contribution in [2.24, 2.45) is 0 Å². The van der Waals surface area contributed by atoms with E-state index >= 15 is 0 Å². The molecule has 0 aromatic carbocycles. The van der Waals surface area contributed by atoms with Crippen LogP contribution in [0.1, 0.15) is 39.0 Å². The molecule has 2 heteroatoms. The summed E-state index contributed by atoms with van der Waals surface area (Å²) in [7, 11) is -1.15. The number of rotatable bonds is 8. The van der Waals surface area contributed by atoms with Gasteiger partial charge in [0, 0.05) is 0 Å². The molecule has 0 aromatic heterocycles. The molecule has 1 atom stereocenters. The summed E-state index contributed by atoms with van der Waals surface area (Å²) in [5.74, 6) is 0. The minimum Gasteiger partial charge on any atom is -0.389 e. The average molecular weight is 240 g/mol. The van der Waals surface area contributed by atoms with Gasteiger partial charge in [-0.1, -0.05) is 63.3 Å². The minimum atomic E-state index is -1.15. The van der Waals surface area contributed by atoms with Crippen molar-refractivity contribution in [1.82, 2.24) is 0 Å². The first-order chi connectivity index (χ1) is 7.45. The second kappa shape index (κ2) is 8.77. The Labute approximate surface area is 102 Å². The van der Waals surface area contributed by atoms with E-state index in [0.717, 1.165) is 12.8 Å². The van der Waals surface area contributed by atoms with Gasteiger partial charge in [0.05, 0.1) is 14.2 Å². The van der Waals surface area contributed by atoms with Crippen molar-refractivity contribution < 1.29 is 5.11 Å². The van der Waals surface area contributed by atoms with Crippen LogP contribution >= 0.6 is 0 Å². The fraction of sp³-hybridized carbons (Fsp3) is 0.714. The highest BCUT2D eigenvalue weighted by molar-refractivity contribution is 6.80. The van der Waals surface area contributed by atoms with Gasteiger partial charge in [0.2, 0.25) is 0 Å². The van der Waals surface area contributed by atoms with Crippen molar-refractivity contribution in [1.29, 1.82) is 0 Å². The highest BCUT2D eigenvalue weighted by Gasteiger charge is 2.07. The Morgan fingerprint density at radius 1 is 1.12 bits per heavy atom. The SMILES string of the molecule is CCCCCC=CCC(O)/C=C/[Si](C)(C)C. The van der Waals surface area contributed by atoms with E-state index in [0.29, 0.717) is 0 Å². The van der Waals surface area contributed by atoms with Crippen LogP contribution in [0.5, 0.6) is 0 Å². The standard InChI is InChI=1S/C14H28OSi/c1-5-6-7-8-9-10-11-14(15)12-13-16(2,3)4/h9-10,12-15H,5-8,11H2,1-4H3/b10-9?,13-12+. The van der Waals surface area contributed by atoms with Crippen molar-refractivity contribution >= 4 is 8.07 Å². The molecule has 1 N–H and O–H groups in total. The summed E-state index contributed by atoms with van der Waals surface area (Å²) in [5, 5.41) is 9.70. The Morgan fingerprint density at radius 3 is 2.38 bits per heavy atom. The Morgan fingerprint density at radius 2 is 1.81 bits per heavy atom. The first kappa shape index (κ1) is 15.7. The summed E-state index contributed by atoms with van der Waals surface area (Å²) in [4.78, 5) is 0. The van der Waals surface area contributed by atoms with E-state index < -0.39 is 8.07 Å². The number of unbranched alkanes of at least 4 members (excludes halogenated alkanes) is 3. The lowest BCUT2D eigenvalue weighted by molar-refractivity contribution is 0.227. The molecule has 0 bridgehead atoms. The summed E-state index contributed by atoms with van der Waals surface area (Å²) in [6.45, 7) is 9.04. The molecule has 1 nitrogen and oxygen atoms in total. The van der Waals surface area contributed by atoms with Gasteiger partial charge in [0.1, 0.15) is 0 Å². The van der Waals surface area contributed by atoms with Crippen LogP contribution in [-0.2, 0) is 0 Å². The van der Waals surface area contributed by atoms with Crippen LogP contribution < -0.4 is 0 Å². The smallest absolute Gasteiger partial charge is 0.0751 e. The number of aliphatic hydroxyl groups excluding tert-OH is 1. The lowest BCUT2D eigenvalue weighted by atomic mass is 10.1. The Bertz CT molecular complexity index is 213. The molecule has 0 saturated heterocycles. The molecule has 94 valence electrons. The zero-order valence-electron chi connectivity index (χ0n) is 11.4. The predicted octanol–water partition coefficient (Wildman–Crippen LogP) is 4.31. The molecule has 0 saturated carbocycles. The third kappa shape index (κ3) is 11.7. The number of aliphatic hydroxyl groups is 1. The van der Waals surface area contributed by atoms with Gasteiger partial charge >= 0.3 is 0 Å². The van der Waals surface area contributed by atoms with Gasteiger partial charge in [-0.05, 0) is 19.3 Å². The number of hydrogen-bond acceptors (Lipinski definition) is 1. The summed E-state index contributed by atoms with van der Waals surface area (Å²) in [5.41, 5.74) is 2.21. The summed E-state index contributed by atoms with van der Waals surface area (Å²) in [6, 6.07) is 0. The zero-order valence-corrected chi connectivity index (χ0v) is 12.4. The molecule has 0 fully saturated rings. The minimum absolute atomic E-state index is 0.297. The molecule has 0 radical (unpaired) electrons. The summed E-state index contributed by atoms with van der Waals surface area (Å²) in [6.07, 6.45) is 11.7. The molecule has 0 heterocycles. The van der Waals surface area contributed by atoms with Crippen LogP contribution in [0.25, 0.3) is 0 Å². The molecule has 1 unspecified atom stereocenters. The van der Waals surface area contributed by atoms with Crippen LogP contribution in [0.2, 0.25) is 19.6 Å². The monoisotopic (exact) mass is 240 g/mol. The Balaban J connectivity index is 3.64. The van der Waals surface area contributed by atoms with Gasteiger partial charge in [-0.3, -0.25) is 0 Å². The predicted molar refractivity (Wildman–Crippen MR) is 76.4 cm³/mol. The lowest BCUT2D eigenvalue weighted by Crippen LogP contribution is -2.17. The van der Waals surface area contributed by atoms with Crippen molar-refractivity contribution in [2.75, 3.05) is 0 Å². The van der Waals surface area contributed by atoms with E-state index in [-0.39, 0.29) is 6.10 Å². The summed E-state index contributed by atoms with van der Waals surface area (Å²) >= 11 is 0. The molecule has 0 aliphatic heterocycles. The van der Waals surface area contributed by atoms with Crippen LogP contribution in [0.15, 0.2) is 23.9 Å². The third-order valence-electron chi connectivity index (χ3n) is 2.34. The zero-order chi connectivity index (χ0) is 12.4. The van der Waals surface area contributed by atoms with E-state index in [1.54, 1.807) is 0 Å². The molecule has 0 aliphatic rings. The quantitative estimate of drug-likeness (QED) is 0.381. The molecule has 0 amide bonds. The van der Waals surface area contributed by atoms with Gasteiger partial charge in [-0.25, -0.2) is 0 Å². The third-order valence-corrected chi connectivity index (χ3v) is 3.53. The van der Waals surface area contributed by atoms with E-state index in [1.165, 1.54) is 19.3 Å². The molecule has 16 heavy (non-hydrogen) atoms. The van der Waals surface area contributed by atoms with E-state index in [9.17, 15) is 5.11 Å². The maximum Gasteiger partial charge on any atom is 0.0751 e. The largest absolute Gasteiger partial charge is 0.389 e. The molecular formula is C14H28OSi. The Hall–Kier alpha value is -0.343. The van der Waals surface area contributed by atoms with Crippen molar-refractivity contribution in [3.8, 4) is 0 Å². The number of allylic oxidation sites excluding steroid dienone is 1. The van der Waals surface area contributed by atoms with Crippen LogP contribution in [0.3, 0.4) is 0 Å². The van der Waals surface area contributed by atoms with Gasteiger partial charge in [-0.15, -0.1) is 0 Å². The fourth-order valence-corrected chi connectivity index (χ4v) is 2.14. The maximum atomic E-state index is 9.70. The van der Waals surface area contributed by atoms with Crippen LogP contribution in [-0.4, -0.2) is 19.3 Å². The van der Waals surface area contributed by atoms with E-state index in [2.05, 4.69) is 44.4 Å².